The van der Waals surface area contributed by atoms with Crippen molar-refractivity contribution in [3.05, 3.63) is 0 Å². The maximum absolute atomic E-state index is 10.9. The van der Waals surface area contributed by atoms with E-state index in [0.29, 0.717) is 0 Å². The SMILES string of the molecule is CNC(COC(=O)C(C)C)C(=O)O. The Balaban J connectivity index is 3.85. The minimum absolute atomic E-state index is 0.136. The van der Waals surface area contributed by atoms with Crippen LogP contribution in [0.3, 0.4) is 0 Å². The first-order valence-electron chi connectivity index (χ1n) is 4.05. The molecule has 1 unspecified atom stereocenters. The lowest BCUT2D eigenvalue weighted by molar-refractivity contribution is -0.151. The van der Waals surface area contributed by atoms with Crippen molar-refractivity contribution >= 4 is 11.9 Å². The zero-order valence-electron chi connectivity index (χ0n) is 8.03. The number of ether oxygens (including phenoxy) is 1. The molecule has 0 aromatic rings. The van der Waals surface area contributed by atoms with Gasteiger partial charge in [0.2, 0.25) is 0 Å². The van der Waals surface area contributed by atoms with Gasteiger partial charge in [0.25, 0.3) is 0 Å². The summed E-state index contributed by atoms with van der Waals surface area (Å²) in [6.07, 6.45) is 0. The highest BCUT2D eigenvalue weighted by atomic mass is 16.5. The molecule has 0 amide bonds. The molecule has 1 atom stereocenters. The van der Waals surface area contributed by atoms with Crippen molar-refractivity contribution in [2.75, 3.05) is 13.7 Å². The number of hydrogen-bond acceptors (Lipinski definition) is 4. The van der Waals surface area contributed by atoms with Crippen molar-refractivity contribution < 1.29 is 19.4 Å². The Morgan fingerprint density at radius 1 is 1.46 bits per heavy atom. The smallest absolute Gasteiger partial charge is 0.324 e. The van der Waals surface area contributed by atoms with Gasteiger partial charge in [0.15, 0.2) is 0 Å². The first-order valence-corrected chi connectivity index (χ1v) is 4.05. The zero-order chi connectivity index (χ0) is 10.4. The quantitative estimate of drug-likeness (QED) is 0.589. The van der Waals surface area contributed by atoms with Gasteiger partial charge in [0.1, 0.15) is 12.6 Å². The van der Waals surface area contributed by atoms with Crippen LogP contribution in [-0.2, 0) is 14.3 Å². The topological polar surface area (TPSA) is 75.6 Å². The molecule has 0 aliphatic heterocycles. The fourth-order valence-electron chi connectivity index (χ4n) is 0.610. The zero-order valence-corrected chi connectivity index (χ0v) is 8.03. The number of carboxylic acids is 1. The summed E-state index contributed by atoms with van der Waals surface area (Å²) < 4.78 is 4.74. The second-order valence-electron chi connectivity index (χ2n) is 2.96. The number of carbonyl (C=O) groups excluding carboxylic acids is 1. The average Bonchev–Trinajstić information content (AvgIpc) is 2.04. The second kappa shape index (κ2) is 5.53. The van der Waals surface area contributed by atoms with Gasteiger partial charge in [0, 0.05) is 0 Å². The third-order valence-corrected chi connectivity index (χ3v) is 1.51. The molecule has 0 saturated heterocycles. The monoisotopic (exact) mass is 189 g/mol. The lowest BCUT2D eigenvalue weighted by Gasteiger charge is -2.12. The standard InChI is InChI=1S/C8H15NO4/c1-5(2)8(12)13-4-6(9-3)7(10)11/h5-6,9H,4H2,1-3H3,(H,10,11). The van der Waals surface area contributed by atoms with Crippen molar-refractivity contribution in [1.29, 1.82) is 0 Å². The molecule has 0 rings (SSSR count). The van der Waals surface area contributed by atoms with Gasteiger partial charge in [-0.3, -0.25) is 9.59 Å². The first kappa shape index (κ1) is 11.9. The highest BCUT2D eigenvalue weighted by Gasteiger charge is 2.18. The molecule has 0 spiro atoms. The molecule has 0 heterocycles. The third-order valence-electron chi connectivity index (χ3n) is 1.51. The number of nitrogens with one attached hydrogen (secondary N) is 1. The van der Waals surface area contributed by atoms with E-state index in [-0.39, 0.29) is 18.5 Å². The van der Waals surface area contributed by atoms with Gasteiger partial charge < -0.3 is 15.2 Å². The van der Waals surface area contributed by atoms with E-state index < -0.39 is 12.0 Å². The number of carboxylic acid groups (broad SMARTS) is 1. The number of esters is 1. The predicted octanol–water partition coefficient (Wildman–Crippen LogP) is -0.142. The van der Waals surface area contributed by atoms with Crippen LogP contribution in [0.2, 0.25) is 0 Å². The Morgan fingerprint density at radius 3 is 2.31 bits per heavy atom. The van der Waals surface area contributed by atoms with Gasteiger partial charge in [0.05, 0.1) is 5.92 Å². The molecule has 2 N–H and O–H groups in total. The number of carbonyl (C=O) groups is 2. The summed E-state index contributed by atoms with van der Waals surface area (Å²) >= 11 is 0. The number of rotatable bonds is 5. The van der Waals surface area contributed by atoms with Crippen LogP contribution in [0.4, 0.5) is 0 Å². The maximum atomic E-state index is 10.9. The second-order valence-corrected chi connectivity index (χ2v) is 2.96. The largest absolute Gasteiger partial charge is 0.480 e. The van der Waals surface area contributed by atoms with Crippen LogP contribution in [0.5, 0.6) is 0 Å². The molecule has 5 heteroatoms. The maximum Gasteiger partial charge on any atom is 0.324 e. The molecule has 76 valence electrons. The van der Waals surface area contributed by atoms with E-state index in [0.717, 1.165) is 0 Å². The molecule has 5 nitrogen and oxygen atoms in total. The normalized spacial score (nSPS) is 12.6. The van der Waals surface area contributed by atoms with Gasteiger partial charge in [-0.15, -0.1) is 0 Å². The van der Waals surface area contributed by atoms with E-state index in [1.807, 2.05) is 0 Å². The molecule has 0 aromatic heterocycles. The van der Waals surface area contributed by atoms with Crippen molar-refractivity contribution in [2.45, 2.75) is 19.9 Å². The highest BCUT2D eigenvalue weighted by molar-refractivity contribution is 5.75. The summed E-state index contributed by atoms with van der Waals surface area (Å²) in [6.45, 7) is 3.25. The van der Waals surface area contributed by atoms with Crippen molar-refractivity contribution in [2.24, 2.45) is 5.92 Å². The van der Waals surface area contributed by atoms with Gasteiger partial charge in [-0.1, -0.05) is 13.8 Å². The minimum atomic E-state index is -1.03. The van der Waals surface area contributed by atoms with Crippen molar-refractivity contribution in [3.8, 4) is 0 Å². The van der Waals surface area contributed by atoms with Crippen LogP contribution in [0.15, 0.2) is 0 Å². The van der Waals surface area contributed by atoms with Gasteiger partial charge >= 0.3 is 11.9 Å². The Hall–Kier alpha value is -1.10. The summed E-state index contributed by atoms with van der Waals surface area (Å²) in [4.78, 5) is 21.4. The van der Waals surface area contributed by atoms with Gasteiger partial charge in [-0.25, -0.2) is 0 Å². The third kappa shape index (κ3) is 4.47. The van der Waals surface area contributed by atoms with E-state index in [9.17, 15) is 9.59 Å². The van der Waals surface area contributed by atoms with Crippen LogP contribution in [0.1, 0.15) is 13.8 Å². The molecule has 0 aliphatic carbocycles. The van der Waals surface area contributed by atoms with Crippen molar-refractivity contribution in [3.63, 3.8) is 0 Å². The highest BCUT2D eigenvalue weighted by Crippen LogP contribution is 1.96. The Morgan fingerprint density at radius 2 is 2.00 bits per heavy atom. The lowest BCUT2D eigenvalue weighted by atomic mass is 10.2. The molecule has 0 aliphatic rings. The molecular weight excluding hydrogens is 174 g/mol. The van der Waals surface area contributed by atoms with E-state index in [2.05, 4.69) is 5.32 Å². The predicted molar refractivity (Wildman–Crippen MR) is 46.3 cm³/mol. The number of hydrogen-bond donors (Lipinski definition) is 2. The minimum Gasteiger partial charge on any atom is -0.480 e. The molecule has 0 bridgehead atoms. The van der Waals surface area contributed by atoms with Crippen LogP contribution in [0, 0.1) is 5.92 Å². The lowest BCUT2D eigenvalue weighted by Crippen LogP contribution is -2.39. The van der Waals surface area contributed by atoms with E-state index in [1.165, 1.54) is 7.05 Å². The summed E-state index contributed by atoms with van der Waals surface area (Å²) in [5, 5.41) is 11.1. The Labute approximate surface area is 77.1 Å². The Bertz CT molecular complexity index is 191. The van der Waals surface area contributed by atoms with Crippen LogP contribution in [-0.4, -0.2) is 36.7 Å². The van der Waals surface area contributed by atoms with Gasteiger partial charge in [-0.05, 0) is 7.05 Å². The van der Waals surface area contributed by atoms with E-state index in [1.54, 1.807) is 13.8 Å². The van der Waals surface area contributed by atoms with Gasteiger partial charge in [-0.2, -0.15) is 0 Å². The fourth-order valence-corrected chi connectivity index (χ4v) is 0.610. The molecule has 0 aromatic carbocycles. The van der Waals surface area contributed by atoms with Crippen molar-refractivity contribution in [1.82, 2.24) is 5.32 Å². The number of aliphatic carboxylic acids is 1. The van der Waals surface area contributed by atoms with Crippen LogP contribution < -0.4 is 5.32 Å². The number of likely N-dealkylation sites (N-methyl/N-ethyl adjacent to an activating group) is 1. The fraction of sp³-hybridized carbons (Fsp3) is 0.750. The summed E-state index contributed by atoms with van der Waals surface area (Å²) in [5.74, 6) is -1.65. The van der Waals surface area contributed by atoms with E-state index in [4.69, 9.17) is 9.84 Å². The van der Waals surface area contributed by atoms with Crippen LogP contribution in [0.25, 0.3) is 0 Å². The average molecular weight is 189 g/mol. The molecular formula is C8H15NO4. The summed E-state index contributed by atoms with van der Waals surface area (Å²) in [7, 11) is 1.50. The first-order chi connectivity index (χ1) is 5.99. The summed E-state index contributed by atoms with van der Waals surface area (Å²) in [6, 6.07) is -0.831. The summed E-state index contributed by atoms with van der Waals surface area (Å²) in [5.41, 5.74) is 0. The van der Waals surface area contributed by atoms with Crippen LogP contribution >= 0.6 is 0 Å². The molecule has 13 heavy (non-hydrogen) atoms. The molecule has 0 radical (unpaired) electrons. The Kier molecular flexibility index (Phi) is 5.06. The molecule has 0 saturated carbocycles. The van der Waals surface area contributed by atoms with E-state index >= 15 is 0 Å². The molecule has 0 fully saturated rings.